The second-order valence-electron chi connectivity index (χ2n) is 6.27. The highest BCUT2D eigenvalue weighted by Gasteiger charge is 2.19. The van der Waals surface area contributed by atoms with Crippen LogP contribution in [0.3, 0.4) is 0 Å². The van der Waals surface area contributed by atoms with Crippen LogP contribution < -0.4 is 5.32 Å². The molecule has 0 atom stereocenters. The fourth-order valence-corrected chi connectivity index (χ4v) is 3.18. The lowest BCUT2D eigenvalue weighted by atomic mass is 10.1. The fraction of sp³-hybridized carbons (Fsp3) is 0.556. The molecule has 2 fully saturated rings. The number of carbonyl (C=O) groups excluding carboxylic acids is 1. The Labute approximate surface area is 138 Å². The second-order valence-corrected chi connectivity index (χ2v) is 6.27. The van der Waals surface area contributed by atoms with Crippen molar-refractivity contribution in [1.82, 2.24) is 9.80 Å². The molecule has 2 heterocycles. The molecule has 3 rings (SSSR count). The number of amides is 1. The summed E-state index contributed by atoms with van der Waals surface area (Å²) in [6, 6.07) is 10.1. The van der Waals surface area contributed by atoms with E-state index in [0.29, 0.717) is 0 Å². The molecule has 5 heteroatoms. The molecule has 5 nitrogen and oxygen atoms in total. The van der Waals surface area contributed by atoms with E-state index in [1.807, 2.05) is 35.2 Å². The molecule has 0 aromatic heterocycles. The number of carbonyl (C=O) groups is 1. The van der Waals surface area contributed by atoms with E-state index in [1.165, 1.54) is 19.3 Å². The highest BCUT2D eigenvalue weighted by atomic mass is 16.2. The summed E-state index contributed by atoms with van der Waals surface area (Å²) in [6.45, 7) is 4.04. The van der Waals surface area contributed by atoms with Crippen molar-refractivity contribution >= 4 is 17.6 Å². The largest absolute Gasteiger partial charge is 0.343 e. The first-order chi connectivity index (χ1) is 11.3. The zero-order valence-corrected chi connectivity index (χ0v) is 13.7. The standard InChI is InChI=1S/C18H26N4O/c23-17(21-11-7-8-12-21)15-19-18(22-13-5-2-6-14-22)20-16-9-3-1-4-10-16/h1,3-4,9-10H,2,5-8,11-15H2,(H,19,20). The molecule has 2 aliphatic heterocycles. The molecule has 2 saturated heterocycles. The number of benzene rings is 1. The number of aliphatic imine (C=N–C) groups is 1. The maximum absolute atomic E-state index is 12.3. The third-order valence-corrected chi connectivity index (χ3v) is 4.51. The van der Waals surface area contributed by atoms with Gasteiger partial charge < -0.3 is 15.1 Å². The molecule has 0 unspecified atom stereocenters. The van der Waals surface area contributed by atoms with Gasteiger partial charge in [-0.15, -0.1) is 0 Å². The highest BCUT2D eigenvalue weighted by Crippen LogP contribution is 2.13. The van der Waals surface area contributed by atoms with Gasteiger partial charge in [-0.25, -0.2) is 4.99 Å². The van der Waals surface area contributed by atoms with Gasteiger partial charge in [0, 0.05) is 31.9 Å². The number of piperidine rings is 1. The number of rotatable bonds is 3. The second kappa shape index (κ2) is 7.99. The monoisotopic (exact) mass is 314 g/mol. The quantitative estimate of drug-likeness (QED) is 0.689. The Morgan fingerprint density at radius 2 is 1.52 bits per heavy atom. The predicted molar refractivity (Wildman–Crippen MR) is 93.6 cm³/mol. The summed E-state index contributed by atoms with van der Waals surface area (Å²) >= 11 is 0. The maximum Gasteiger partial charge on any atom is 0.244 e. The number of nitrogens with zero attached hydrogens (tertiary/aromatic N) is 3. The predicted octanol–water partition coefficient (Wildman–Crippen LogP) is 2.56. The molecule has 1 amide bonds. The zero-order valence-electron chi connectivity index (χ0n) is 13.7. The third kappa shape index (κ3) is 4.47. The minimum absolute atomic E-state index is 0.145. The molecule has 0 bridgehead atoms. The lowest BCUT2D eigenvalue weighted by Crippen LogP contribution is -2.41. The lowest BCUT2D eigenvalue weighted by molar-refractivity contribution is -0.128. The Balaban J connectivity index is 1.68. The van der Waals surface area contributed by atoms with Crippen LogP contribution in [0.15, 0.2) is 35.3 Å². The average molecular weight is 314 g/mol. The Bertz CT molecular complexity index is 531. The van der Waals surface area contributed by atoms with Crippen LogP contribution in [0.25, 0.3) is 0 Å². The average Bonchev–Trinajstić information content (AvgIpc) is 3.15. The van der Waals surface area contributed by atoms with Gasteiger partial charge in [-0.3, -0.25) is 4.79 Å². The topological polar surface area (TPSA) is 47.9 Å². The molecule has 2 aliphatic rings. The Kier molecular flexibility index (Phi) is 5.51. The van der Waals surface area contributed by atoms with Crippen molar-refractivity contribution in [2.24, 2.45) is 4.99 Å². The molecule has 124 valence electrons. The van der Waals surface area contributed by atoms with E-state index in [0.717, 1.165) is 50.7 Å². The van der Waals surface area contributed by atoms with E-state index in [4.69, 9.17) is 0 Å². The van der Waals surface area contributed by atoms with Crippen LogP contribution in [0, 0.1) is 0 Å². The SMILES string of the molecule is O=C(CN=C(Nc1ccccc1)N1CCCCC1)N1CCCC1. The first-order valence-electron chi connectivity index (χ1n) is 8.72. The van der Waals surface area contributed by atoms with Gasteiger partial charge in [0.25, 0.3) is 0 Å². The summed E-state index contributed by atoms with van der Waals surface area (Å²) in [4.78, 5) is 21.1. The van der Waals surface area contributed by atoms with Gasteiger partial charge in [-0.05, 0) is 44.2 Å². The van der Waals surface area contributed by atoms with Crippen molar-refractivity contribution in [1.29, 1.82) is 0 Å². The van der Waals surface area contributed by atoms with E-state index in [1.54, 1.807) is 0 Å². The van der Waals surface area contributed by atoms with Crippen molar-refractivity contribution in [3.63, 3.8) is 0 Å². The first kappa shape index (κ1) is 15.8. The van der Waals surface area contributed by atoms with E-state index in [-0.39, 0.29) is 12.5 Å². The van der Waals surface area contributed by atoms with Gasteiger partial charge in [0.2, 0.25) is 5.91 Å². The van der Waals surface area contributed by atoms with Crippen LogP contribution in [0.2, 0.25) is 0 Å². The minimum atomic E-state index is 0.145. The van der Waals surface area contributed by atoms with Gasteiger partial charge in [-0.2, -0.15) is 0 Å². The van der Waals surface area contributed by atoms with Crippen LogP contribution in [-0.4, -0.2) is 54.4 Å². The van der Waals surface area contributed by atoms with Crippen molar-refractivity contribution in [2.75, 3.05) is 38.0 Å². The summed E-state index contributed by atoms with van der Waals surface area (Å²) in [7, 11) is 0. The van der Waals surface area contributed by atoms with Gasteiger partial charge in [0.05, 0.1) is 0 Å². The number of guanidine groups is 1. The van der Waals surface area contributed by atoms with Crippen LogP contribution in [0.5, 0.6) is 0 Å². The van der Waals surface area contributed by atoms with Crippen molar-refractivity contribution < 1.29 is 4.79 Å². The molecule has 0 aliphatic carbocycles. The molecule has 0 radical (unpaired) electrons. The fourth-order valence-electron chi connectivity index (χ4n) is 3.18. The normalized spacial score (nSPS) is 19.0. The number of hydrogen-bond acceptors (Lipinski definition) is 2. The summed E-state index contributed by atoms with van der Waals surface area (Å²) in [5.74, 6) is 0.982. The van der Waals surface area contributed by atoms with Crippen molar-refractivity contribution in [3.05, 3.63) is 30.3 Å². The lowest BCUT2D eigenvalue weighted by Gasteiger charge is -2.30. The minimum Gasteiger partial charge on any atom is -0.343 e. The molecule has 0 spiro atoms. The maximum atomic E-state index is 12.3. The van der Waals surface area contributed by atoms with E-state index < -0.39 is 0 Å². The third-order valence-electron chi connectivity index (χ3n) is 4.51. The van der Waals surface area contributed by atoms with Crippen LogP contribution >= 0.6 is 0 Å². The van der Waals surface area contributed by atoms with Gasteiger partial charge >= 0.3 is 0 Å². The van der Waals surface area contributed by atoms with Gasteiger partial charge in [0.1, 0.15) is 6.54 Å². The molecule has 0 saturated carbocycles. The van der Waals surface area contributed by atoms with Crippen molar-refractivity contribution in [2.45, 2.75) is 32.1 Å². The van der Waals surface area contributed by atoms with Crippen molar-refractivity contribution in [3.8, 4) is 0 Å². The molecular weight excluding hydrogens is 288 g/mol. The number of anilines is 1. The summed E-state index contributed by atoms with van der Waals surface area (Å²) in [5.41, 5.74) is 1.02. The van der Waals surface area contributed by atoms with E-state index in [9.17, 15) is 4.79 Å². The molecule has 1 N–H and O–H groups in total. The Hall–Kier alpha value is -2.04. The number of nitrogens with one attached hydrogen (secondary N) is 1. The first-order valence-corrected chi connectivity index (χ1v) is 8.72. The van der Waals surface area contributed by atoms with Crippen LogP contribution in [0.4, 0.5) is 5.69 Å². The summed E-state index contributed by atoms with van der Waals surface area (Å²) in [5, 5.41) is 3.40. The molecular formula is C18H26N4O. The molecule has 23 heavy (non-hydrogen) atoms. The van der Waals surface area contributed by atoms with E-state index >= 15 is 0 Å². The summed E-state index contributed by atoms with van der Waals surface area (Å²) < 4.78 is 0. The highest BCUT2D eigenvalue weighted by molar-refractivity contribution is 5.95. The summed E-state index contributed by atoms with van der Waals surface area (Å²) in [6.07, 6.45) is 5.90. The number of likely N-dealkylation sites (tertiary alicyclic amines) is 2. The van der Waals surface area contributed by atoms with Crippen LogP contribution in [0.1, 0.15) is 32.1 Å². The number of hydrogen-bond donors (Lipinski definition) is 1. The smallest absolute Gasteiger partial charge is 0.244 e. The van der Waals surface area contributed by atoms with Crippen LogP contribution in [-0.2, 0) is 4.79 Å². The van der Waals surface area contributed by atoms with E-state index in [2.05, 4.69) is 15.2 Å². The Morgan fingerprint density at radius 1 is 0.913 bits per heavy atom. The molecule has 1 aromatic carbocycles. The number of para-hydroxylation sites is 1. The molecule has 1 aromatic rings. The Morgan fingerprint density at radius 3 is 2.22 bits per heavy atom. The van der Waals surface area contributed by atoms with Gasteiger partial charge in [0.15, 0.2) is 5.96 Å². The zero-order chi connectivity index (χ0) is 15.9. The van der Waals surface area contributed by atoms with Gasteiger partial charge in [-0.1, -0.05) is 18.2 Å².